The van der Waals surface area contributed by atoms with Crippen LogP contribution >= 0.6 is 0 Å². The van der Waals surface area contributed by atoms with Gasteiger partial charge in [-0.2, -0.15) is 0 Å². The fourth-order valence-electron chi connectivity index (χ4n) is 10.2. The minimum absolute atomic E-state index is 0.0751. The number of allylic oxidation sites excluding steroid dienone is 4. The Bertz CT molecular complexity index is 2340. The van der Waals surface area contributed by atoms with Crippen molar-refractivity contribution in [1.82, 2.24) is 40.0 Å². The van der Waals surface area contributed by atoms with Gasteiger partial charge in [0.05, 0.1) is 18.6 Å². The maximum atomic E-state index is 15.1. The number of likely N-dealkylation sites (N-methyl/N-ethyl adjacent to an activating group) is 5. The summed E-state index contributed by atoms with van der Waals surface area (Å²) in [6.07, 6.45) is 13.6. The molecule has 0 aromatic heterocycles. The Kier molecular flexibility index (Phi) is 27.1. The number of nitrogens with zero attached hydrogens (tertiary/aromatic N) is 6. The molecule has 440 valence electrons. The Morgan fingerprint density at radius 3 is 1.86 bits per heavy atom. The molecule has 2 aliphatic rings. The zero-order chi connectivity index (χ0) is 59.4. The minimum atomic E-state index is -1.35. The van der Waals surface area contributed by atoms with E-state index in [2.05, 4.69) is 22.8 Å². The van der Waals surface area contributed by atoms with Crippen molar-refractivity contribution in [2.24, 2.45) is 17.8 Å². The highest BCUT2D eigenvalue weighted by atomic mass is 16.5. The molecular weight excluding hydrogens is 1010 g/mol. The zero-order valence-corrected chi connectivity index (χ0v) is 50.2. The summed E-state index contributed by atoms with van der Waals surface area (Å²) in [6, 6.07) is 1.35. The van der Waals surface area contributed by atoms with Crippen LogP contribution in [0.15, 0.2) is 66.3 Å². The molecule has 2 heterocycles. The fourth-order valence-corrected chi connectivity index (χ4v) is 10.2. The van der Waals surface area contributed by atoms with Gasteiger partial charge in [0.2, 0.25) is 47.3 Å². The lowest BCUT2D eigenvalue weighted by Gasteiger charge is -2.41. The number of hydrogen-bond donors (Lipinski definition) is 2. The predicted octanol–water partition coefficient (Wildman–Crippen LogP) is 5.32. The summed E-state index contributed by atoms with van der Waals surface area (Å²) in [5.41, 5.74) is 1.13. The molecule has 19 nitrogen and oxygen atoms in total. The van der Waals surface area contributed by atoms with E-state index in [1.54, 1.807) is 60.8 Å². The molecule has 9 unspecified atom stereocenters. The van der Waals surface area contributed by atoms with E-state index in [1.165, 1.54) is 78.6 Å². The summed E-state index contributed by atoms with van der Waals surface area (Å²) < 4.78 is 11.5. The summed E-state index contributed by atoms with van der Waals surface area (Å²) in [5.74, 6) is -6.31. The van der Waals surface area contributed by atoms with E-state index >= 15 is 9.59 Å². The van der Waals surface area contributed by atoms with Gasteiger partial charge in [-0.3, -0.25) is 38.4 Å². The predicted molar refractivity (Wildman–Crippen MR) is 305 cm³/mol. The highest BCUT2D eigenvalue weighted by Crippen LogP contribution is 2.27. The lowest BCUT2D eigenvalue weighted by atomic mass is 9.95. The number of hydrogen-bond acceptors (Lipinski definition) is 11. The third kappa shape index (κ3) is 18.6. The molecule has 1 fully saturated rings. The van der Waals surface area contributed by atoms with Gasteiger partial charge in [-0.25, -0.2) is 4.79 Å². The summed E-state index contributed by atoms with van der Waals surface area (Å²) in [6.45, 7) is 15.9. The topological polar surface area (TPSA) is 216 Å². The first-order valence-electron chi connectivity index (χ1n) is 28.1. The molecule has 0 aliphatic carbocycles. The van der Waals surface area contributed by atoms with Crippen LogP contribution in [-0.2, 0) is 59.0 Å². The van der Waals surface area contributed by atoms with E-state index in [0.717, 1.165) is 31.2 Å². The fraction of sp³-hybridized carbons (Fsp3) is 0.650. The van der Waals surface area contributed by atoms with Crippen LogP contribution in [0.4, 0.5) is 0 Å². The Balaban J connectivity index is 2.12. The molecule has 8 amide bonds. The smallest absolute Gasteiger partial charge is 0.328 e. The highest BCUT2D eigenvalue weighted by Gasteiger charge is 2.46. The summed E-state index contributed by atoms with van der Waals surface area (Å²) in [5, 5.41) is 5.44. The van der Waals surface area contributed by atoms with Gasteiger partial charge in [-0.05, 0) is 95.5 Å². The van der Waals surface area contributed by atoms with Crippen molar-refractivity contribution < 1.29 is 52.6 Å². The molecule has 9 atom stereocenters. The molecule has 1 aromatic rings. The molecule has 3 rings (SSSR count). The van der Waals surface area contributed by atoms with E-state index in [0.29, 0.717) is 24.8 Å². The third-order valence-corrected chi connectivity index (χ3v) is 15.4. The number of benzene rings is 1. The molecule has 19 heteroatoms. The quantitative estimate of drug-likeness (QED) is 0.251. The maximum Gasteiger partial charge on any atom is 0.328 e. The van der Waals surface area contributed by atoms with Crippen molar-refractivity contribution in [1.29, 1.82) is 0 Å². The highest BCUT2D eigenvalue weighted by molar-refractivity contribution is 6.00. The van der Waals surface area contributed by atoms with Gasteiger partial charge < -0.3 is 49.5 Å². The van der Waals surface area contributed by atoms with Crippen molar-refractivity contribution in [2.75, 3.05) is 55.9 Å². The van der Waals surface area contributed by atoms with Gasteiger partial charge in [0, 0.05) is 67.9 Å². The molecule has 2 aliphatic heterocycles. The van der Waals surface area contributed by atoms with Crippen LogP contribution < -0.4 is 10.6 Å². The number of esters is 1. The van der Waals surface area contributed by atoms with Crippen LogP contribution in [-0.4, -0.2) is 193 Å². The Morgan fingerprint density at radius 2 is 1.27 bits per heavy atom. The monoisotopic (exact) mass is 1100 g/mol. The molecular formula is C60H94N8O11. The Labute approximate surface area is 470 Å². The van der Waals surface area contributed by atoms with Crippen LogP contribution in [0.25, 0.3) is 0 Å². The largest absolute Gasteiger partial charge is 0.461 e. The lowest BCUT2D eigenvalue weighted by Crippen LogP contribution is -2.62. The first kappa shape index (κ1) is 66.9. The number of fused-ring (bicyclic) bond motifs is 1. The molecule has 0 spiro atoms. The molecule has 1 saturated heterocycles. The van der Waals surface area contributed by atoms with Crippen LogP contribution in [0.5, 0.6) is 0 Å². The van der Waals surface area contributed by atoms with Crippen LogP contribution in [0, 0.1) is 17.8 Å². The van der Waals surface area contributed by atoms with Crippen LogP contribution in [0.3, 0.4) is 0 Å². The summed E-state index contributed by atoms with van der Waals surface area (Å²) >= 11 is 0. The van der Waals surface area contributed by atoms with Gasteiger partial charge in [-0.15, -0.1) is 0 Å². The first-order chi connectivity index (χ1) is 37.2. The molecule has 0 bridgehead atoms. The number of carbonyl (C=O) groups is 9. The number of carbonyl (C=O) groups excluding carboxylic acids is 9. The third-order valence-electron chi connectivity index (χ3n) is 15.4. The zero-order valence-electron chi connectivity index (χ0n) is 50.2. The van der Waals surface area contributed by atoms with Crippen LogP contribution in [0.1, 0.15) is 126 Å². The number of nitrogens with one attached hydrogen (secondary N) is 2. The van der Waals surface area contributed by atoms with E-state index in [9.17, 15) is 33.6 Å². The van der Waals surface area contributed by atoms with Gasteiger partial charge in [0.1, 0.15) is 42.3 Å². The average molecular weight is 1100 g/mol. The Morgan fingerprint density at radius 1 is 0.684 bits per heavy atom. The van der Waals surface area contributed by atoms with Crippen molar-refractivity contribution in [3.8, 4) is 0 Å². The molecule has 0 saturated carbocycles. The molecule has 2 N–H and O–H groups in total. The van der Waals surface area contributed by atoms with Gasteiger partial charge >= 0.3 is 5.97 Å². The molecule has 1 aromatic carbocycles. The molecule has 0 radical (unpaired) electrons. The van der Waals surface area contributed by atoms with Gasteiger partial charge in [0.25, 0.3) is 0 Å². The van der Waals surface area contributed by atoms with Crippen molar-refractivity contribution in [3.05, 3.63) is 71.8 Å². The van der Waals surface area contributed by atoms with Crippen molar-refractivity contribution in [2.45, 2.75) is 181 Å². The van der Waals surface area contributed by atoms with E-state index in [4.69, 9.17) is 9.47 Å². The number of cyclic esters (lactones) is 1. The standard InChI is InChI=1S/C60H94N8O11/c1-38(2)50-57(74)65(13)47(36-44-30-22-20-23-31-44)56(73)66(14)51(39(3)4)58(75)67(15)52(40(5)6)59(76)68-35-27-34-46(68)54(71)64(12)48(37-49(69)61-10)55(72)63(11)43(9)60(77)79-42(8)29-21-18-17-19-24-32-45(78-16)33-26-25-28-41(7)53(70)62-50/h17,19-20,22-23,25-26,28,30-31,38-40,42-43,45-48,50-52H,18,21,24,27,29,32-37H2,1-16H3,(H,61,69)(H,62,70). The van der Waals surface area contributed by atoms with E-state index < -0.39 is 120 Å². The summed E-state index contributed by atoms with van der Waals surface area (Å²) in [7, 11) is 10.4. The number of rotatable bonds is 8. The summed E-state index contributed by atoms with van der Waals surface area (Å²) in [4.78, 5) is 137. The second-order valence-corrected chi connectivity index (χ2v) is 22.4. The second kappa shape index (κ2) is 32.0. The maximum absolute atomic E-state index is 15.1. The number of ether oxygens (including phenoxy) is 2. The number of methoxy groups -OCH3 is 1. The van der Waals surface area contributed by atoms with E-state index in [1.807, 2.05) is 50.3 Å². The Hall–Kier alpha value is -6.37. The number of amides is 8. The average Bonchev–Trinajstić information content (AvgIpc) is 3.99. The van der Waals surface area contributed by atoms with Crippen molar-refractivity contribution in [3.63, 3.8) is 0 Å². The normalized spacial score (nSPS) is 26.7. The van der Waals surface area contributed by atoms with Gasteiger partial charge in [-0.1, -0.05) is 102 Å². The second-order valence-electron chi connectivity index (χ2n) is 22.4. The van der Waals surface area contributed by atoms with E-state index in [-0.39, 0.29) is 31.4 Å². The van der Waals surface area contributed by atoms with Gasteiger partial charge in [0.15, 0.2) is 0 Å². The first-order valence-corrected chi connectivity index (χ1v) is 28.1. The molecule has 79 heavy (non-hydrogen) atoms. The SMILES string of the molecule is CNC(=O)CC1C(=O)N(C)C(C)C(=O)OC(C)CCCC=CCCC(OC)CC=CC=C(C)C(=O)NC(C(C)C)C(=O)N(C)C(Cc2ccccc2)C(=O)N(C)C(C(C)C)C(=O)N(C)C(C(C)C)C(=O)N2CCCC2C(=O)N1C. The van der Waals surface area contributed by atoms with Crippen molar-refractivity contribution >= 4 is 53.2 Å². The van der Waals surface area contributed by atoms with Crippen LogP contribution in [0.2, 0.25) is 0 Å². The minimum Gasteiger partial charge on any atom is -0.461 e. The lowest BCUT2D eigenvalue weighted by molar-refractivity contribution is -0.160.